The van der Waals surface area contributed by atoms with Crippen molar-refractivity contribution in [1.82, 2.24) is 0 Å². The molecule has 0 radical (unpaired) electrons. The first-order valence-electron chi connectivity index (χ1n) is 6.34. The van der Waals surface area contributed by atoms with Gasteiger partial charge in [0, 0.05) is 15.3 Å². The van der Waals surface area contributed by atoms with Crippen LogP contribution in [0.25, 0.3) is 0 Å². The Hall–Kier alpha value is -1.19. The third-order valence-corrected chi connectivity index (χ3v) is 4.72. The summed E-state index contributed by atoms with van der Waals surface area (Å²) >= 11 is 1.54. The molecule has 19 heavy (non-hydrogen) atoms. The van der Waals surface area contributed by atoms with Gasteiger partial charge in [0.2, 0.25) is 0 Å². The highest BCUT2D eigenvalue weighted by atomic mass is 32.1. The number of benzene rings is 1. The SMILES string of the molecule is Cc1cccc(C(O)c2ccc(C(C)(C)C)s2)c1F. The first-order chi connectivity index (χ1) is 8.80. The van der Waals surface area contributed by atoms with Crippen molar-refractivity contribution >= 4 is 11.3 Å². The van der Waals surface area contributed by atoms with Crippen molar-refractivity contribution in [2.45, 2.75) is 39.2 Å². The Morgan fingerprint density at radius 1 is 1.16 bits per heavy atom. The minimum absolute atomic E-state index is 0.0494. The fraction of sp³-hybridized carbons (Fsp3) is 0.375. The molecule has 0 aliphatic carbocycles. The summed E-state index contributed by atoms with van der Waals surface area (Å²) < 4.78 is 14.0. The zero-order chi connectivity index (χ0) is 14.2. The Bertz CT molecular complexity index is 581. The minimum Gasteiger partial charge on any atom is -0.383 e. The summed E-state index contributed by atoms with van der Waals surface area (Å²) in [7, 11) is 0. The standard InChI is InChI=1S/C16H19FOS/c1-10-6-5-7-11(14(10)17)15(18)12-8-9-13(19-12)16(2,3)4/h5-9,15,18H,1-4H3. The van der Waals surface area contributed by atoms with Crippen LogP contribution in [0.15, 0.2) is 30.3 Å². The summed E-state index contributed by atoms with van der Waals surface area (Å²) in [5.74, 6) is -0.319. The van der Waals surface area contributed by atoms with Crippen LogP contribution < -0.4 is 0 Å². The number of aliphatic hydroxyl groups is 1. The van der Waals surface area contributed by atoms with Crippen LogP contribution in [-0.2, 0) is 5.41 Å². The summed E-state index contributed by atoms with van der Waals surface area (Å²) in [6.07, 6.45) is -0.888. The largest absolute Gasteiger partial charge is 0.383 e. The molecule has 0 spiro atoms. The van der Waals surface area contributed by atoms with Gasteiger partial charge in [-0.2, -0.15) is 0 Å². The second kappa shape index (κ2) is 5.06. The molecular formula is C16H19FOS. The lowest BCUT2D eigenvalue weighted by Crippen LogP contribution is -2.08. The van der Waals surface area contributed by atoms with Gasteiger partial charge in [-0.05, 0) is 30.0 Å². The zero-order valence-corrected chi connectivity index (χ0v) is 12.5. The van der Waals surface area contributed by atoms with E-state index in [9.17, 15) is 9.50 Å². The van der Waals surface area contributed by atoms with Gasteiger partial charge in [-0.15, -0.1) is 11.3 Å². The maximum absolute atomic E-state index is 14.0. The van der Waals surface area contributed by atoms with Crippen LogP contribution in [0, 0.1) is 12.7 Å². The number of hydrogen-bond acceptors (Lipinski definition) is 2. The first-order valence-corrected chi connectivity index (χ1v) is 7.15. The van der Waals surface area contributed by atoms with Crippen LogP contribution in [0.2, 0.25) is 0 Å². The Balaban J connectivity index is 2.37. The Morgan fingerprint density at radius 2 is 1.84 bits per heavy atom. The van der Waals surface area contributed by atoms with E-state index in [1.165, 1.54) is 4.88 Å². The zero-order valence-electron chi connectivity index (χ0n) is 11.7. The van der Waals surface area contributed by atoms with Crippen molar-refractivity contribution in [1.29, 1.82) is 0 Å². The number of halogens is 1. The van der Waals surface area contributed by atoms with E-state index >= 15 is 0 Å². The maximum Gasteiger partial charge on any atom is 0.132 e. The highest BCUT2D eigenvalue weighted by Crippen LogP contribution is 2.35. The molecule has 1 N–H and O–H groups in total. The molecule has 0 fully saturated rings. The Kier molecular flexibility index (Phi) is 3.79. The highest BCUT2D eigenvalue weighted by molar-refractivity contribution is 7.12. The predicted molar refractivity (Wildman–Crippen MR) is 78.2 cm³/mol. The number of rotatable bonds is 2. The van der Waals surface area contributed by atoms with Crippen LogP contribution in [0.4, 0.5) is 4.39 Å². The molecule has 3 heteroatoms. The summed E-state index contributed by atoms with van der Waals surface area (Å²) in [6, 6.07) is 9.02. The summed E-state index contributed by atoms with van der Waals surface area (Å²) in [5.41, 5.74) is 0.958. The van der Waals surface area contributed by atoms with E-state index in [1.54, 1.807) is 36.5 Å². The van der Waals surface area contributed by atoms with E-state index in [0.717, 1.165) is 4.88 Å². The average Bonchev–Trinajstić information content (AvgIpc) is 2.81. The predicted octanol–water partition coefficient (Wildman–Crippen LogP) is 4.57. The van der Waals surface area contributed by atoms with Gasteiger partial charge in [-0.3, -0.25) is 0 Å². The molecular weight excluding hydrogens is 259 g/mol. The van der Waals surface area contributed by atoms with Gasteiger partial charge in [0.05, 0.1) is 0 Å². The van der Waals surface area contributed by atoms with Crippen molar-refractivity contribution in [2.24, 2.45) is 0 Å². The molecule has 0 bridgehead atoms. The van der Waals surface area contributed by atoms with Crippen molar-refractivity contribution < 1.29 is 9.50 Å². The smallest absolute Gasteiger partial charge is 0.132 e. The minimum atomic E-state index is -0.888. The lowest BCUT2D eigenvalue weighted by atomic mass is 9.95. The molecule has 0 saturated heterocycles. The second-order valence-corrected chi connectivity index (χ2v) is 6.95. The van der Waals surface area contributed by atoms with Crippen molar-refractivity contribution in [3.63, 3.8) is 0 Å². The van der Waals surface area contributed by atoms with Gasteiger partial charge >= 0.3 is 0 Å². The lowest BCUT2D eigenvalue weighted by molar-refractivity contribution is 0.218. The van der Waals surface area contributed by atoms with Crippen molar-refractivity contribution in [2.75, 3.05) is 0 Å². The summed E-state index contributed by atoms with van der Waals surface area (Å²) in [5, 5.41) is 10.3. The van der Waals surface area contributed by atoms with Crippen molar-refractivity contribution in [3.05, 3.63) is 57.0 Å². The average molecular weight is 278 g/mol. The molecule has 2 aromatic rings. The van der Waals surface area contributed by atoms with Crippen LogP contribution in [0.1, 0.15) is 47.8 Å². The molecule has 2 rings (SSSR count). The molecule has 0 amide bonds. The molecule has 102 valence electrons. The van der Waals surface area contributed by atoms with Gasteiger partial charge in [0.15, 0.2) is 0 Å². The van der Waals surface area contributed by atoms with Gasteiger partial charge in [-0.25, -0.2) is 4.39 Å². The fourth-order valence-electron chi connectivity index (χ4n) is 1.94. The highest BCUT2D eigenvalue weighted by Gasteiger charge is 2.21. The Morgan fingerprint density at radius 3 is 2.42 bits per heavy atom. The Labute approximate surface area is 117 Å². The number of thiophene rings is 1. The molecule has 0 saturated carbocycles. The molecule has 1 unspecified atom stereocenters. The molecule has 0 aliphatic heterocycles. The quantitative estimate of drug-likeness (QED) is 0.853. The van der Waals surface area contributed by atoms with Crippen LogP contribution in [-0.4, -0.2) is 5.11 Å². The molecule has 1 aromatic carbocycles. The topological polar surface area (TPSA) is 20.2 Å². The monoisotopic (exact) mass is 278 g/mol. The summed E-state index contributed by atoms with van der Waals surface area (Å²) in [4.78, 5) is 1.98. The van der Waals surface area contributed by atoms with Crippen LogP contribution >= 0.6 is 11.3 Å². The van der Waals surface area contributed by atoms with Gasteiger partial charge < -0.3 is 5.11 Å². The molecule has 1 heterocycles. The van der Waals surface area contributed by atoms with Gasteiger partial charge in [-0.1, -0.05) is 39.0 Å². The van der Waals surface area contributed by atoms with E-state index in [2.05, 4.69) is 20.8 Å². The maximum atomic E-state index is 14.0. The fourth-order valence-corrected chi connectivity index (χ4v) is 3.01. The lowest BCUT2D eigenvalue weighted by Gasteiger charge is -2.16. The van der Waals surface area contributed by atoms with E-state index in [-0.39, 0.29) is 11.2 Å². The van der Waals surface area contributed by atoms with E-state index in [4.69, 9.17) is 0 Å². The van der Waals surface area contributed by atoms with Crippen LogP contribution in [0.3, 0.4) is 0 Å². The number of aliphatic hydroxyl groups excluding tert-OH is 1. The number of hydrogen-bond donors (Lipinski definition) is 1. The first kappa shape index (κ1) is 14.2. The third-order valence-electron chi connectivity index (χ3n) is 3.15. The molecule has 1 nitrogen and oxygen atoms in total. The van der Waals surface area contributed by atoms with Crippen molar-refractivity contribution in [3.8, 4) is 0 Å². The normalized spacial score (nSPS) is 13.6. The third kappa shape index (κ3) is 2.88. The summed E-state index contributed by atoms with van der Waals surface area (Å²) in [6.45, 7) is 8.09. The van der Waals surface area contributed by atoms with Gasteiger partial charge in [0.1, 0.15) is 11.9 Å². The second-order valence-electron chi connectivity index (χ2n) is 5.83. The van der Waals surface area contributed by atoms with E-state index in [1.807, 2.05) is 12.1 Å². The number of aryl methyl sites for hydroxylation is 1. The molecule has 1 aromatic heterocycles. The molecule has 1 atom stereocenters. The van der Waals surface area contributed by atoms with E-state index < -0.39 is 6.10 Å². The van der Waals surface area contributed by atoms with Crippen LogP contribution in [0.5, 0.6) is 0 Å². The van der Waals surface area contributed by atoms with E-state index in [0.29, 0.717) is 11.1 Å². The van der Waals surface area contributed by atoms with Gasteiger partial charge in [0.25, 0.3) is 0 Å². The molecule has 0 aliphatic rings.